The summed E-state index contributed by atoms with van der Waals surface area (Å²) in [4.78, 5) is 16.0. The molecular formula is C30H32FN7O2. The Balaban J connectivity index is 1.30. The summed E-state index contributed by atoms with van der Waals surface area (Å²) in [6.45, 7) is 4.51. The van der Waals surface area contributed by atoms with E-state index in [0.29, 0.717) is 42.6 Å². The van der Waals surface area contributed by atoms with Gasteiger partial charge in [0.15, 0.2) is 11.5 Å². The van der Waals surface area contributed by atoms with Gasteiger partial charge < -0.3 is 19.7 Å². The highest BCUT2D eigenvalue weighted by Crippen LogP contribution is 2.29. The smallest absolute Gasteiger partial charge is 0.250 e. The molecule has 0 unspecified atom stereocenters. The van der Waals surface area contributed by atoms with Crippen molar-refractivity contribution in [1.29, 1.82) is 0 Å². The molecule has 0 atom stereocenters. The first kappa shape index (κ1) is 26.9. The average Bonchev–Trinajstić information content (AvgIpc) is 2.99. The molecule has 1 aromatic heterocycles. The predicted octanol–water partition coefficient (Wildman–Crippen LogP) is 6.17. The maximum atomic E-state index is 13.2. The lowest BCUT2D eigenvalue weighted by molar-refractivity contribution is 0.269. The van der Waals surface area contributed by atoms with E-state index in [1.807, 2.05) is 55.5 Å². The molecule has 0 bridgehead atoms. The molecule has 40 heavy (non-hydrogen) atoms. The van der Waals surface area contributed by atoms with Gasteiger partial charge in [0.1, 0.15) is 12.4 Å². The fourth-order valence-corrected chi connectivity index (χ4v) is 4.26. The van der Waals surface area contributed by atoms with E-state index in [2.05, 4.69) is 35.7 Å². The number of hydrogen-bond donors (Lipinski definition) is 2. The molecule has 5 rings (SSSR count). The summed E-state index contributed by atoms with van der Waals surface area (Å²) >= 11 is 0. The average molecular weight is 542 g/mol. The Morgan fingerprint density at radius 1 is 0.875 bits per heavy atom. The van der Waals surface area contributed by atoms with Crippen molar-refractivity contribution in [3.05, 3.63) is 89.7 Å². The largest absolute Gasteiger partial charge is 0.490 e. The van der Waals surface area contributed by atoms with Crippen LogP contribution < -0.4 is 25.1 Å². The Morgan fingerprint density at radius 2 is 1.65 bits per heavy atom. The van der Waals surface area contributed by atoms with E-state index in [9.17, 15) is 4.39 Å². The van der Waals surface area contributed by atoms with E-state index in [1.54, 1.807) is 18.3 Å². The van der Waals surface area contributed by atoms with Crippen molar-refractivity contribution >= 4 is 29.7 Å². The summed E-state index contributed by atoms with van der Waals surface area (Å²) in [6, 6.07) is 21.6. The normalized spacial score (nSPS) is 13.3. The molecule has 0 aliphatic carbocycles. The molecule has 10 heteroatoms. The van der Waals surface area contributed by atoms with Crippen molar-refractivity contribution < 1.29 is 13.9 Å². The van der Waals surface area contributed by atoms with Crippen molar-refractivity contribution in [1.82, 2.24) is 15.0 Å². The molecule has 9 nitrogen and oxygen atoms in total. The van der Waals surface area contributed by atoms with Gasteiger partial charge in [-0.3, -0.25) is 0 Å². The Bertz CT molecular complexity index is 1410. The number of halogens is 1. The summed E-state index contributed by atoms with van der Waals surface area (Å²) < 4.78 is 24.9. The number of hydrogen-bond acceptors (Lipinski definition) is 9. The topological polar surface area (TPSA) is 96.8 Å². The molecule has 0 spiro atoms. The zero-order valence-electron chi connectivity index (χ0n) is 22.4. The molecule has 1 aliphatic rings. The minimum absolute atomic E-state index is 0.278. The quantitative estimate of drug-likeness (QED) is 0.172. The zero-order valence-corrected chi connectivity index (χ0v) is 22.4. The van der Waals surface area contributed by atoms with E-state index in [4.69, 9.17) is 9.47 Å². The van der Waals surface area contributed by atoms with Gasteiger partial charge in [0.25, 0.3) is 0 Å². The lowest BCUT2D eigenvalue weighted by Crippen LogP contribution is -2.31. The Morgan fingerprint density at radius 3 is 2.42 bits per heavy atom. The second kappa shape index (κ2) is 13.4. The Kier molecular flexibility index (Phi) is 8.98. The second-order valence-corrected chi connectivity index (χ2v) is 9.25. The van der Waals surface area contributed by atoms with Crippen LogP contribution in [0.25, 0.3) is 0 Å². The van der Waals surface area contributed by atoms with Crippen molar-refractivity contribution in [2.75, 3.05) is 35.3 Å². The van der Waals surface area contributed by atoms with Crippen LogP contribution in [0.2, 0.25) is 0 Å². The van der Waals surface area contributed by atoms with E-state index < -0.39 is 0 Å². The molecule has 3 aromatic carbocycles. The number of ether oxygens (including phenoxy) is 2. The first-order valence-corrected chi connectivity index (χ1v) is 13.4. The van der Waals surface area contributed by atoms with Crippen LogP contribution in [0.3, 0.4) is 0 Å². The first-order valence-electron chi connectivity index (χ1n) is 13.4. The molecule has 2 N–H and O–H groups in total. The van der Waals surface area contributed by atoms with Gasteiger partial charge in [0, 0.05) is 18.8 Å². The van der Waals surface area contributed by atoms with Gasteiger partial charge in [-0.25, -0.2) is 9.82 Å². The van der Waals surface area contributed by atoms with E-state index in [0.717, 1.165) is 42.7 Å². The van der Waals surface area contributed by atoms with Crippen LogP contribution in [-0.2, 0) is 6.61 Å². The number of para-hydroxylation sites is 1. The van der Waals surface area contributed by atoms with Gasteiger partial charge in [-0.2, -0.15) is 20.1 Å². The van der Waals surface area contributed by atoms with Crippen molar-refractivity contribution in [3.8, 4) is 11.5 Å². The van der Waals surface area contributed by atoms with Gasteiger partial charge in [0.2, 0.25) is 17.8 Å². The molecule has 1 aliphatic heterocycles. The number of hydrazone groups is 1. The van der Waals surface area contributed by atoms with E-state index in [1.165, 1.54) is 18.6 Å². The van der Waals surface area contributed by atoms with Gasteiger partial charge >= 0.3 is 0 Å². The van der Waals surface area contributed by atoms with Crippen LogP contribution in [0.5, 0.6) is 11.5 Å². The standard InChI is InChI=1S/C30H32FN7O2/c1-2-39-27-19-23(13-16-26(27)40-21-22-11-14-24(31)15-12-22)20-32-37-29-34-28(33-25-9-5-3-6-10-25)35-30(36-29)38-17-7-4-8-18-38/h3,5-6,9-16,19-20H,2,4,7-8,17-18,21H2,1H3,(H2,33,34,35,36,37)/b32-20+. The van der Waals surface area contributed by atoms with Crippen LogP contribution in [0.15, 0.2) is 77.9 Å². The van der Waals surface area contributed by atoms with Gasteiger partial charge in [0.05, 0.1) is 12.8 Å². The number of nitrogens with one attached hydrogen (secondary N) is 2. The molecule has 0 saturated carbocycles. The number of aromatic nitrogens is 3. The number of benzene rings is 3. The maximum Gasteiger partial charge on any atom is 0.250 e. The molecule has 1 saturated heterocycles. The third kappa shape index (κ3) is 7.43. The monoisotopic (exact) mass is 541 g/mol. The molecular weight excluding hydrogens is 509 g/mol. The molecule has 1 fully saturated rings. The van der Waals surface area contributed by atoms with Crippen molar-refractivity contribution in [2.24, 2.45) is 5.10 Å². The molecule has 0 amide bonds. The number of nitrogens with zero attached hydrogens (tertiary/aromatic N) is 5. The minimum Gasteiger partial charge on any atom is -0.490 e. The highest BCUT2D eigenvalue weighted by molar-refractivity contribution is 5.81. The van der Waals surface area contributed by atoms with Crippen molar-refractivity contribution in [3.63, 3.8) is 0 Å². The maximum absolute atomic E-state index is 13.2. The summed E-state index contributed by atoms with van der Waals surface area (Å²) in [5, 5.41) is 7.63. The van der Waals surface area contributed by atoms with Crippen LogP contribution in [0.4, 0.5) is 27.9 Å². The van der Waals surface area contributed by atoms with E-state index in [-0.39, 0.29) is 5.82 Å². The molecule has 206 valence electrons. The van der Waals surface area contributed by atoms with Crippen molar-refractivity contribution in [2.45, 2.75) is 32.8 Å². The van der Waals surface area contributed by atoms with Crippen LogP contribution in [0, 0.1) is 5.82 Å². The van der Waals surface area contributed by atoms with Crippen LogP contribution in [-0.4, -0.2) is 40.9 Å². The summed E-state index contributed by atoms with van der Waals surface area (Å²) in [6.07, 6.45) is 5.10. The SMILES string of the molecule is CCOc1cc(/C=N/Nc2nc(Nc3ccccc3)nc(N3CCCCC3)n2)ccc1OCc1ccc(F)cc1. The van der Waals surface area contributed by atoms with Crippen LogP contribution in [0.1, 0.15) is 37.3 Å². The van der Waals surface area contributed by atoms with Gasteiger partial charge in [-0.15, -0.1) is 0 Å². The fourth-order valence-electron chi connectivity index (χ4n) is 4.26. The van der Waals surface area contributed by atoms with Gasteiger partial charge in [-0.1, -0.05) is 30.3 Å². The summed E-state index contributed by atoms with van der Waals surface area (Å²) in [7, 11) is 0. The molecule has 4 aromatic rings. The number of rotatable bonds is 11. The highest BCUT2D eigenvalue weighted by atomic mass is 19.1. The van der Waals surface area contributed by atoms with Crippen LogP contribution >= 0.6 is 0 Å². The first-order chi connectivity index (χ1) is 19.7. The second-order valence-electron chi connectivity index (χ2n) is 9.25. The lowest BCUT2D eigenvalue weighted by atomic mass is 10.1. The summed E-state index contributed by atoms with van der Waals surface area (Å²) in [5.74, 6) is 2.31. The predicted molar refractivity (Wildman–Crippen MR) is 155 cm³/mol. The molecule has 0 radical (unpaired) electrons. The lowest BCUT2D eigenvalue weighted by Gasteiger charge is -2.26. The van der Waals surface area contributed by atoms with Gasteiger partial charge in [-0.05, 0) is 79.8 Å². The zero-order chi connectivity index (χ0) is 27.6. The third-order valence-corrected chi connectivity index (χ3v) is 6.25. The Labute approximate surface area is 233 Å². The highest BCUT2D eigenvalue weighted by Gasteiger charge is 2.16. The van der Waals surface area contributed by atoms with E-state index >= 15 is 0 Å². The molecule has 2 heterocycles. The minimum atomic E-state index is -0.278. The Hall–Kier alpha value is -4.73. The third-order valence-electron chi connectivity index (χ3n) is 6.25. The summed E-state index contributed by atoms with van der Waals surface area (Å²) in [5.41, 5.74) is 5.51. The fraction of sp³-hybridized carbons (Fsp3) is 0.267. The number of anilines is 4. The number of piperidine rings is 1.